The Balaban J connectivity index is 1.37. The Morgan fingerprint density at radius 2 is 2.18 bits per heavy atom. The second-order valence-electron chi connectivity index (χ2n) is 6.31. The van der Waals surface area contributed by atoms with E-state index < -0.39 is 0 Å². The summed E-state index contributed by atoms with van der Waals surface area (Å²) < 4.78 is 0. The van der Waals surface area contributed by atoms with Gasteiger partial charge in [-0.05, 0) is 52.0 Å². The predicted octanol–water partition coefficient (Wildman–Crippen LogP) is 1.34. The molecule has 3 heteroatoms. The number of hydrogen-bond acceptors (Lipinski definition) is 3. The minimum atomic E-state index is 0.676. The van der Waals surface area contributed by atoms with E-state index in [1.807, 2.05) is 0 Å². The molecule has 3 nitrogen and oxygen atoms in total. The molecule has 1 aliphatic carbocycles. The number of nitrogens with zero attached hydrogens (tertiary/aromatic N) is 1. The van der Waals surface area contributed by atoms with E-state index in [9.17, 15) is 0 Å². The van der Waals surface area contributed by atoms with Crippen LogP contribution in [0.5, 0.6) is 0 Å². The molecule has 3 aliphatic rings. The summed E-state index contributed by atoms with van der Waals surface area (Å²) in [6.07, 6.45) is 8.32. The fourth-order valence-electron chi connectivity index (χ4n) is 3.55. The Labute approximate surface area is 105 Å². The summed E-state index contributed by atoms with van der Waals surface area (Å²) in [4.78, 5) is 2.69. The van der Waals surface area contributed by atoms with Crippen molar-refractivity contribution in [2.24, 2.45) is 0 Å². The van der Waals surface area contributed by atoms with Crippen LogP contribution >= 0.6 is 0 Å². The van der Waals surface area contributed by atoms with Gasteiger partial charge in [0.15, 0.2) is 0 Å². The second-order valence-corrected chi connectivity index (χ2v) is 6.31. The SMILES string of the molecule is CC(CC1CCCN1)NC1CCN(C2CC2)C1. The van der Waals surface area contributed by atoms with E-state index in [-0.39, 0.29) is 0 Å². The highest BCUT2D eigenvalue weighted by molar-refractivity contribution is 4.92. The molecule has 0 aromatic rings. The highest BCUT2D eigenvalue weighted by atomic mass is 15.2. The van der Waals surface area contributed by atoms with E-state index in [1.54, 1.807) is 0 Å². The molecule has 3 rings (SSSR count). The minimum absolute atomic E-state index is 0.676. The molecule has 2 aliphatic heterocycles. The summed E-state index contributed by atoms with van der Waals surface area (Å²) in [6.45, 7) is 6.22. The quantitative estimate of drug-likeness (QED) is 0.756. The molecule has 2 heterocycles. The van der Waals surface area contributed by atoms with Crippen molar-refractivity contribution in [3.05, 3.63) is 0 Å². The molecular formula is C14H27N3. The average molecular weight is 237 g/mol. The molecule has 3 fully saturated rings. The van der Waals surface area contributed by atoms with Gasteiger partial charge in [-0.2, -0.15) is 0 Å². The van der Waals surface area contributed by atoms with Gasteiger partial charge < -0.3 is 10.6 Å². The van der Waals surface area contributed by atoms with Crippen molar-refractivity contribution in [2.45, 2.75) is 69.6 Å². The van der Waals surface area contributed by atoms with Gasteiger partial charge in [-0.25, -0.2) is 0 Å². The van der Waals surface area contributed by atoms with Gasteiger partial charge in [0, 0.05) is 37.3 Å². The van der Waals surface area contributed by atoms with Crippen molar-refractivity contribution in [1.82, 2.24) is 15.5 Å². The normalized spacial score (nSPS) is 36.5. The van der Waals surface area contributed by atoms with E-state index in [4.69, 9.17) is 0 Å². The van der Waals surface area contributed by atoms with Crippen LogP contribution in [0.15, 0.2) is 0 Å². The van der Waals surface area contributed by atoms with Crippen LogP contribution in [0.25, 0.3) is 0 Å². The largest absolute Gasteiger partial charge is 0.314 e. The fourth-order valence-corrected chi connectivity index (χ4v) is 3.55. The van der Waals surface area contributed by atoms with E-state index >= 15 is 0 Å². The molecule has 17 heavy (non-hydrogen) atoms. The standard InChI is InChI=1S/C14H27N3/c1-11(9-12-3-2-7-15-12)16-13-6-8-17(10-13)14-4-5-14/h11-16H,2-10H2,1H3. The molecule has 1 saturated carbocycles. The first-order chi connectivity index (χ1) is 8.31. The highest BCUT2D eigenvalue weighted by Crippen LogP contribution is 2.29. The monoisotopic (exact) mass is 237 g/mol. The van der Waals surface area contributed by atoms with E-state index in [2.05, 4.69) is 22.5 Å². The Hall–Kier alpha value is -0.120. The van der Waals surface area contributed by atoms with E-state index in [0.717, 1.165) is 18.1 Å². The van der Waals surface area contributed by atoms with Crippen LogP contribution in [0.4, 0.5) is 0 Å². The van der Waals surface area contributed by atoms with Crippen LogP contribution < -0.4 is 10.6 Å². The molecule has 0 aromatic carbocycles. The van der Waals surface area contributed by atoms with Crippen LogP contribution in [0, 0.1) is 0 Å². The lowest BCUT2D eigenvalue weighted by atomic mass is 10.1. The number of rotatable bonds is 5. The van der Waals surface area contributed by atoms with Gasteiger partial charge in [0.2, 0.25) is 0 Å². The first-order valence-corrected chi connectivity index (χ1v) is 7.55. The van der Waals surface area contributed by atoms with Gasteiger partial charge in [-0.15, -0.1) is 0 Å². The fraction of sp³-hybridized carbons (Fsp3) is 1.00. The van der Waals surface area contributed by atoms with Gasteiger partial charge in [0.1, 0.15) is 0 Å². The molecule has 0 spiro atoms. The summed E-state index contributed by atoms with van der Waals surface area (Å²) in [5.41, 5.74) is 0. The third-order valence-electron chi connectivity index (χ3n) is 4.60. The lowest BCUT2D eigenvalue weighted by molar-refractivity contribution is 0.309. The molecule has 2 saturated heterocycles. The molecule has 0 aromatic heterocycles. The Kier molecular flexibility index (Phi) is 3.69. The smallest absolute Gasteiger partial charge is 0.0209 e. The van der Waals surface area contributed by atoms with E-state index in [1.165, 1.54) is 58.2 Å². The zero-order valence-electron chi connectivity index (χ0n) is 11.1. The zero-order valence-corrected chi connectivity index (χ0v) is 11.1. The molecule has 98 valence electrons. The predicted molar refractivity (Wildman–Crippen MR) is 71.2 cm³/mol. The van der Waals surface area contributed by atoms with Crippen LogP contribution in [0.2, 0.25) is 0 Å². The van der Waals surface area contributed by atoms with E-state index in [0.29, 0.717) is 6.04 Å². The molecule has 2 N–H and O–H groups in total. The highest BCUT2D eigenvalue weighted by Gasteiger charge is 2.34. The van der Waals surface area contributed by atoms with Gasteiger partial charge in [0.25, 0.3) is 0 Å². The summed E-state index contributed by atoms with van der Waals surface area (Å²) in [5.74, 6) is 0. The maximum absolute atomic E-state index is 3.84. The van der Waals surface area contributed by atoms with Gasteiger partial charge in [-0.1, -0.05) is 0 Å². The Bertz CT molecular complexity index is 246. The molecular weight excluding hydrogens is 210 g/mol. The maximum atomic E-state index is 3.84. The first kappa shape index (κ1) is 11.9. The molecule has 0 amide bonds. The number of hydrogen-bond donors (Lipinski definition) is 2. The van der Waals surface area contributed by atoms with Crippen molar-refractivity contribution in [2.75, 3.05) is 19.6 Å². The van der Waals surface area contributed by atoms with Crippen LogP contribution in [0.3, 0.4) is 0 Å². The summed E-state index contributed by atoms with van der Waals surface area (Å²) in [7, 11) is 0. The van der Waals surface area contributed by atoms with Gasteiger partial charge >= 0.3 is 0 Å². The second kappa shape index (κ2) is 5.25. The Morgan fingerprint density at radius 3 is 2.88 bits per heavy atom. The lowest BCUT2D eigenvalue weighted by Crippen LogP contribution is -2.41. The molecule has 0 radical (unpaired) electrons. The average Bonchev–Trinajstić information content (AvgIpc) is 2.84. The molecule has 3 atom stereocenters. The van der Waals surface area contributed by atoms with Crippen molar-refractivity contribution in [3.8, 4) is 0 Å². The van der Waals surface area contributed by atoms with Gasteiger partial charge in [0.05, 0.1) is 0 Å². The topological polar surface area (TPSA) is 27.3 Å². The Morgan fingerprint density at radius 1 is 1.29 bits per heavy atom. The summed E-state index contributed by atoms with van der Waals surface area (Å²) >= 11 is 0. The maximum Gasteiger partial charge on any atom is 0.0209 e. The van der Waals surface area contributed by atoms with Crippen LogP contribution in [0.1, 0.15) is 45.4 Å². The molecule has 0 bridgehead atoms. The van der Waals surface area contributed by atoms with Crippen molar-refractivity contribution >= 4 is 0 Å². The first-order valence-electron chi connectivity index (χ1n) is 7.55. The zero-order chi connectivity index (χ0) is 11.7. The molecule has 3 unspecified atom stereocenters. The summed E-state index contributed by atoms with van der Waals surface area (Å²) in [6, 6.07) is 3.16. The third kappa shape index (κ3) is 3.21. The van der Waals surface area contributed by atoms with Crippen LogP contribution in [-0.4, -0.2) is 48.7 Å². The minimum Gasteiger partial charge on any atom is -0.314 e. The lowest BCUT2D eigenvalue weighted by Gasteiger charge is -2.22. The van der Waals surface area contributed by atoms with Crippen molar-refractivity contribution in [1.29, 1.82) is 0 Å². The summed E-state index contributed by atoms with van der Waals surface area (Å²) in [5, 5.41) is 7.44. The third-order valence-corrected chi connectivity index (χ3v) is 4.60. The number of likely N-dealkylation sites (tertiary alicyclic amines) is 1. The van der Waals surface area contributed by atoms with Crippen molar-refractivity contribution in [3.63, 3.8) is 0 Å². The van der Waals surface area contributed by atoms with Crippen LogP contribution in [-0.2, 0) is 0 Å². The number of nitrogens with one attached hydrogen (secondary N) is 2. The van der Waals surface area contributed by atoms with Crippen molar-refractivity contribution < 1.29 is 0 Å². The van der Waals surface area contributed by atoms with Gasteiger partial charge in [-0.3, -0.25) is 4.90 Å².